The molecule has 3 rings (SSSR count). The molecule has 0 amide bonds. The number of carbonyl (C=O) groups is 1. The third-order valence-electron chi connectivity index (χ3n) is 6.65. The maximum absolute atomic E-state index is 12.8. The van der Waals surface area contributed by atoms with E-state index in [0.717, 1.165) is 36.1 Å². The molecule has 0 radical (unpaired) electrons. The number of nitrogens with zero attached hydrogens (tertiary/aromatic N) is 1. The van der Waals surface area contributed by atoms with Gasteiger partial charge >= 0.3 is 5.97 Å². The van der Waals surface area contributed by atoms with Crippen LogP contribution in [0.15, 0.2) is 28.7 Å². The fourth-order valence-corrected chi connectivity index (χ4v) is 6.12. The topological polar surface area (TPSA) is 107 Å². The van der Waals surface area contributed by atoms with Crippen LogP contribution in [0.5, 0.6) is 0 Å². The van der Waals surface area contributed by atoms with Gasteiger partial charge < -0.3 is 14.3 Å². The summed E-state index contributed by atoms with van der Waals surface area (Å²) in [7, 11) is -3.78. The maximum atomic E-state index is 12.8. The number of aromatic nitrogens is 1. The third kappa shape index (κ3) is 5.23. The highest BCUT2D eigenvalue weighted by Crippen LogP contribution is 2.32. The summed E-state index contributed by atoms with van der Waals surface area (Å²) < 4.78 is 35.8. The Bertz CT molecular complexity index is 1040. The van der Waals surface area contributed by atoms with E-state index in [4.69, 9.17) is 9.15 Å². The van der Waals surface area contributed by atoms with Gasteiger partial charge in [-0.3, -0.25) is 4.79 Å². The zero-order valence-corrected chi connectivity index (χ0v) is 20.1. The quantitative estimate of drug-likeness (QED) is 0.574. The highest BCUT2D eigenvalue weighted by molar-refractivity contribution is 7.93. The largest absolute Gasteiger partial charge is 0.480 e. The second kappa shape index (κ2) is 9.75. The van der Waals surface area contributed by atoms with Gasteiger partial charge in [0.05, 0.1) is 18.5 Å². The van der Waals surface area contributed by atoms with E-state index >= 15 is 0 Å². The number of hydrogen-bond donors (Lipinski definition) is 1. The number of carboxylic acids is 1. The SMILES string of the molecule is CCC(C)(C(=O)O)S(=O)(=O)C[C@H]1CCC[C@@H](OCc2nc(-c3ccc(C)cc3)oc2C)C1. The van der Waals surface area contributed by atoms with Gasteiger partial charge in [0, 0.05) is 5.56 Å². The predicted molar refractivity (Wildman–Crippen MR) is 122 cm³/mol. The van der Waals surface area contributed by atoms with Crippen LogP contribution >= 0.6 is 0 Å². The second-order valence-electron chi connectivity index (χ2n) is 9.02. The Balaban J connectivity index is 1.61. The van der Waals surface area contributed by atoms with Crippen molar-refractivity contribution in [3.05, 3.63) is 41.3 Å². The molecule has 0 aliphatic heterocycles. The molecule has 8 heteroatoms. The van der Waals surface area contributed by atoms with Crippen molar-refractivity contribution in [2.75, 3.05) is 5.75 Å². The summed E-state index contributed by atoms with van der Waals surface area (Å²) in [6.45, 7) is 7.09. The molecule has 1 heterocycles. The van der Waals surface area contributed by atoms with Crippen molar-refractivity contribution >= 4 is 15.8 Å². The van der Waals surface area contributed by atoms with Gasteiger partial charge in [0.2, 0.25) is 5.89 Å². The lowest BCUT2D eigenvalue weighted by Gasteiger charge is -2.31. The van der Waals surface area contributed by atoms with Crippen LogP contribution in [0.1, 0.15) is 63.0 Å². The second-order valence-corrected chi connectivity index (χ2v) is 11.5. The first-order valence-electron chi connectivity index (χ1n) is 11.2. The zero-order valence-electron chi connectivity index (χ0n) is 19.3. The fraction of sp³-hybridized carbons (Fsp3) is 0.583. The Labute approximate surface area is 190 Å². The van der Waals surface area contributed by atoms with E-state index in [-0.39, 0.29) is 24.2 Å². The molecule has 2 aromatic rings. The van der Waals surface area contributed by atoms with Crippen LogP contribution in [0.3, 0.4) is 0 Å². The van der Waals surface area contributed by atoms with E-state index in [1.54, 1.807) is 6.92 Å². The molecule has 1 aliphatic carbocycles. The molecule has 0 spiro atoms. The number of oxazole rings is 1. The van der Waals surface area contributed by atoms with Gasteiger partial charge in [-0.1, -0.05) is 31.0 Å². The molecule has 1 N–H and O–H groups in total. The minimum Gasteiger partial charge on any atom is -0.480 e. The first kappa shape index (κ1) is 24.5. The van der Waals surface area contributed by atoms with Crippen molar-refractivity contribution in [2.24, 2.45) is 5.92 Å². The number of sulfone groups is 1. The normalized spacial score (nSPS) is 21.2. The Morgan fingerprint density at radius 1 is 1.25 bits per heavy atom. The van der Waals surface area contributed by atoms with Gasteiger partial charge in [-0.15, -0.1) is 0 Å². The Morgan fingerprint density at radius 3 is 2.56 bits per heavy atom. The van der Waals surface area contributed by atoms with E-state index < -0.39 is 20.6 Å². The molecule has 176 valence electrons. The number of aliphatic carboxylic acids is 1. The lowest BCUT2D eigenvalue weighted by Crippen LogP contribution is -2.46. The standard InChI is InChI=1S/C24H33NO6S/c1-5-24(4,23(26)27)32(28,29)15-18-7-6-8-20(13-18)30-14-21-17(3)31-22(25-21)19-11-9-16(2)10-12-19/h9-12,18,20H,5-8,13-15H2,1-4H3,(H,26,27)/t18-,20+,24?/m0/s1. The van der Waals surface area contributed by atoms with E-state index in [0.29, 0.717) is 24.7 Å². The average molecular weight is 464 g/mol. The molecule has 3 atom stereocenters. The van der Waals surface area contributed by atoms with Crippen LogP contribution < -0.4 is 0 Å². The lowest BCUT2D eigenvalue weighted by atomic mass is 9.88. The minimum atomic E-state index is -3.78. The van der Waals surface area contributed by atoms with Gasteiger partial charge in [0.1, 0.15) is 11.5 Å². The van der Waals surface area contributed by atoms with Crippen molar-refractivity contribution in [3.8, 4) is 11.5 Å². The Morgan fingerprint density at radius 2 is 1.94 bits per heavy atom. The lowest BCUT2D eigenvalue weighted by molar-refractivity contribution is -0.139. The molecule has 1 aromatic heterocycles. The number of benzene rings is 1. The van der Waals surface area contributed by atoms with Gasteiger partial charge in [-0.2, -0.15) is 0 Å². The van der Waals surface area contributed by atoms with Crippen LogP contribution in [0.4, 0.5) is 0 Å². The van der Waals surface area contributed by atoms with Crippen LogP contribution in [0.2, 0.25) is 0 Å². The van der Waals surface area contributed by atoms with Crippen molar-refractivity contribution in [1.29, 1.82) is 0 Å². The highest BCUT2D eigenvalue weighted by atomic mass is 32.2. The van der Waals surface area contributed by atoms with Crippen molar-refractivity contribution in [1.82, 2.24) is 4.98 Å². The number of aryl methyl sites for hydroxylation is 2. The molecule has 1 saturated carbocycles. The minimum absolute atomic E-state index is 0.0477. The van der Waals surface area contributed by atoms with Crippen LogP contribution in [-0.4, -0.2) is 41.1 Å². The fourth-order valence-electron chi connectivity index (χ4n) is 4.12. The molecule has 7 nitrogen and oxygen atoms in total. The molecule has 0 bridgehead atoms. The third-order valence-corrected chi connectivity index (χ3v) is 9.40. The van der Waals surface area contributed by atoms with Crippen molar-refractivity contribution < 1.29 is 27.5 Å². The zero-order chi connectivity index (χ0) is 23.5. The Hall–Kier alpha value is -2.19. The number of carboxylic acid groups (broad SMARTS) is 1. The number of ether oxygens (including phenoxy) is 1. The van der Waals surface area contributed by atoms with E-state index in [1.165, 1.54) is 6.92 Å². The number of hydrogen-bond acceptors (Lipinski definition) is 6. The van der Waals surface area contributed by atoms with Gasteiger partial charge in [-0.25, -0.2) is 13.4 Å². The van der Waals surface area contributed by atoms with E-state index in [2.05, 4.69) is 4.98 Å². The van der Waals surface area contributed by atoms with Gasteiger partial charge in [0.15, 0.2) is 14.6 Å². The summed E-state index contributed by atoms with van der Waals surface area (Å²) in [5.74, 6) is -0.249. The summed E-state index contributed by atoms with van der Waals surface area (Å²) in [5.41, 5.74) is 2.81. The maximum Gasteiger partial charge on any atom is 0.324 e. The smallest absolute Gasteiger partial charge is 0.324 e. The van der Waals surface area contributed by atoms with Crippen LogP contribution in [0.25, 0.3) is 11.5 Å². The molecule has 32 heavy (non-hydrogen) atoms. The Kier molecular flexibility index (Phi) is 7.45. The predicted octanol–water partition coefficient (Wildman–Crippen LogP) is 4.70. The van der Waals surface area contributed by atoms with Gasteiger partial charge in [0.25, 0.3) is 0 Å². The summed E-state index contributed by atoms with van der Waals surface area (Å²) in [6.07, 6.45) is 3.03. The summed E-state index contributed by atoms with van der Waals surface area (Å²) in [6, 6.07) is 7.96. The average Bonchev–Trinajstić information content (AvgIpc) is 3.12. The molecule has 1 unspecified atom stereocenters. The summed E-state index contributed by atoms with van der Waals surface area (Å²) in [4.78, 5) is 16.2. The monoisotopic (exact) mass is 463 g/mol. The first-order chi connectivity index (χ1) is 15.1. The first-order valence-corrected chi connectivity index (χ1v) is 12.8. The van der Waals surface area contributed by atoms with Crippen molar-refractivity contribution in [3.63, 3.8) is 0 Å². The van der Waals surface area contributed by atoms with Crippen LogP contribution in [0, 0.1) is 19.8 Å². The highest BCUT2D eigenvalue weighted by Gasteiger charge is 2.46. The molecule has 1 fully saturated rings. The van der Waals surface area contributed by atoms with Crippen molar-refractivity contribution in [2.45, 2.75) is 77.3 Å². The van der Waals surface area contributed by atoms with Gasteiger partial charge in [-0.05, 0) is 64.5 Å². The summed E-state index contributed by atoms with van der Waals surface area (Å²) in [5, 5.41) is 9.46. The molecule has 0 saturated heterocycles. The number of rotatable bonds is 9. The molecular formula is C24H33NO6S. The van der Waals surface area contributed by atoms with E-state index in [1.807, 2.05) is 38.1 Å². The molecule has 1 aliphatic rings. The molecule has 1 aromatic carbocycles. The van der Waals surface area contributed by atoms with Crippen LogP contribution in [-0.2, 0) is 26.0 Å². The summed E-state index contributed by atoms with van der Waals surface area (Å²) >= 11 is 0. The molecular weight excluding hydrogens is 430 g/mol. The van der Waals surface area contributed by atoms with E-state index in [9.17, 15) is 18.3 Å².